The zero-order chi connectivity index (χ0) is 21.0. The Balaban J connectivity index is 1.52. The fraction of sp³-hybridized carbons (Fsp3) is 0.600. The van der Waals surface area contributed by atoms with Gasteiger partial charge in [-0.2, -0.15) is 4.31 Å². The highest BCUT2D eigenvalue weighted by Crippen LogP contribution is 2.27. The first-order valence-electron chi connectivity index (χ1n) is 10.0. The predicted molar refractivity (Wildman–Crippen MR) is 112 cm³/mol. The summed E-state index contributed by atoms with van der Waals surface area (Å²) in [5.41, 5.74) is 0. The predicted octanol–water partition coefficient (Wildman–Crippen LogP) is 2.65. The smallest absolute Gasteiger partial charge is 0.309 e. The van der Waals surface area contributed by atoms with Gasteiger partial charge in [-0.1, -0.05) is 15.9 Å². The molecule has 0 aliphatic carbocycles. The van der Waals surface area contributed by atoms with Gasteiger partial charge in [-0.15, -0.1) is 0 Å². The Labute approximate surface area is 180 Å². The van der Waals surface area contributed by atoms with E-state index in [4.69, 9.17) is 4.74 Å². The molecular formula is C20H27BrN2O5S. The van der Waals surface area contributed by atoms with Crippen LogP contribution in [0.15, 0.2) is 33.6 Å². The van der Waals surface area contributed by atoms with E-state index >= 15 is 0 Å². The lowest BCUT2D eigenvalue weighted by Crippen LogP contribution is -2.47. The third-order valence-corrected chi connectivity index (χ3v) is 8.12. The van der Waals surface area contributed by atoms with Crippen molar-refractivity contribution < 1.29 is 22.7 Å². The van der Waals surface area contributed by atoms with Crippen LogP contribution in [0.3, 0.4) is 0 Å². The minimum atomic E-state index is -3.54. The molecule has 0 saturated carbocycles. The summed E-state index contributed by atoms with van der Waals surface area (Å²) in [5.74, 6) is -0.388. The van der Waals surface area contributed by atoms with Crippen molar-refractivity contribution in [1.29, 1.82) is 0 Å². The average molecular weight is 487 g/mol. The molecule has 2 heterocycles. The normalized spacial score (nSPS) is 19.9. The summed E-state index contributed by atoms with van der Waals surface area (Å²) in [6.07, 6.45) is 2.29. The van der Waals surface area contributed by atoms with Gasteiger partial charge in [0.25, 0.3) is 0 Å². The first-order chi connectivity index (χ1) is 13.8. The Morgan fingerprint density at radius 3 is 2.10 bits per heavy atom. The molecule has 3 rings (SSSR count). The number of rotatable bonds is 5. The van der Waals surface area contributed by atoms with Gasteiger partial charge < -0.3 is 9.64 Å². The lowest BCUT2D eigenvalue weighted by molar-refractivity contribution is -0.152. The second-order valence-corrected chi connectivity index (χ2v) is 10.3. The van der Waals surface area contributed by atoms with Crippen molar-refractivity contribution in [3.63, 3.8) is 0 Å². The highest BCUT2D eigenvalue weighted by molar-refractivity contribution is 9.10. The van der Waals surface area contributed by atoms with Crippen LogP contribution < -0.4 is 0 Å². The van der Waals surface area contributed by atoms with Crippen LogP contribution in [0.1, 0.15) is 32.6 Å². The number of carbonyl (C=O) groups is 2. The van der Waals surface area contributed by atoms with Crippen molar-refractivity contribution >= 4 is 37.8 Å². The molecule has 1 aromatic rings. The summed E-state index contributed by atoms with van der Waals surface area (Å²) in [6.45, 7) is 3.96. The third-order valence-electron chi connectivity index (χ3n) is 5.68. The van der Waals surface area contributed by atoms with Crippen LogP contribution >= 0.6 is 15.9 Å². The second kappa shape index (κ2) is 9.57. The van der Waals surface area contributed by atoms with Crippen LogP contribution in [-0.2, 0) is 24.3 Å². The summed E-state index contributed by atoms with van der Waals surface area (Å²) in [7, 11) is -3.54. The van der Waals surface area contributed by atoms with Gasteiger partial charge in [0, 0.05) is 36.6 Å². The summed E-state index contributed by atoms with van der Waals surface area (Å²) in [5, 5.41) is 0. The molecule has 0 aromatic heterocycles. The summed E-state index contributed by atoms with van der Waals surface area (Å²) >= 11 is 3.31. The van der Waals surface area contributed by atoms with Crippen molar-refractivity contribution in [3.05, 3.63) is 28.7 Å². The van der Waals surface area contributed by atoms with E-state index < -0.39 is 10.0 Å². The molecule has 1 amide bonds. The first kappa shape index (κ1) is 22.2. The topological polar surface area (TPSA) is 84.0 Å². The lowest BCUT2D eigenvalue weighted by Gasteiger charge is -2.36. The molecule has 2 aliphatic rings. The number of benzene rings is 1. The Morgan fingerprint density at radius 1 is 1.00 bits per heavy atom. The van der Waals surface area contributed by atoms with Crippen molar-refractivity contribution in [2.75, 3.05) is 32.8 Å². The molecule has 0 spiro atoms. The SMILES string of the molecule is CCOC(=O)C1CCN(C(=O)C2CCN(S(=O)(=O)c3ccc(Br)cc3)CC2)CC1. The van der Waals surface area contributed by atoms with E-state index in [1.807, 2.05) is 4.90 Å². The number of esters is 1. The molecule has 0 radical (unpaired) electrons. The molecule has 0 bridgehead atoms. The van der Waals surface area contributed by atoms with E-state index in [1.54, 1.807) is 31.2 Å². The summed E-state index contributed by atoms with van der Waals surface area (Å²) in [4.78, 5) is 26.8. The van der Waals surface area contributed by atoms with Crippen molar-refractivity contribution in [2.45, 2.75) is 37.5 Å². The number of hydrogen-bond donors (Lipinski definition) is 0. The maximum atomic E-state index is 12.9. The molecule has 9 heteroatoms. The van der Waals surface area contributed by atoms with Gasteiger partial charge in [0.1, 0.15) is 0 Å². The second-order valence-electron chi connectivity index (χ2n) is 7.48. The number of likely N-dealkylation sites (tertiary alicyclic amines) is 1. The van der Waals surface area contributed by atoms with Crippen molar-refractivity contribution in [2.24, 2.45) is 11.8 Å². The average Bonchev–Trinajstić information content (AvgIpc) is 2.74. The van der Waals surface area contributed by atoms with Crippen LogP contribution in [0.4, 0.5) is 0 Å². The molecule has 2 aliphatic heterocycles. The molecular weight excluding hydrogens is 460 g/mol. The van der Waals surface area contributed by atoms with Gasteiger partial charge in [0.15, 0.2) is 0 Å². The molecule has 2 saturated heterocycles. The van der Waals surface area contributed by atoms with Gasteiger partial charge in [-0.25, -0.2) is 8.42 Å². The van der Waals surface area contributed by atoms with Gasteiger partial charge in [0.2, 0.25) is 15.9 Å². The maximum Gasteiger partial charge on any atom is 0.309 e. The number of piperidine rings is 2. The van der Waals surface area contributed by atoms with E-state index in [9.17, 15) is 18.0 Å². The fourth-order valence-electron chi connectivity index (χ4n) is 3.95. The standard InChI is InChI=1S/C20H27BrN2O5S/c1-2-28-20(25)16-7-11-22(12-8-16)19(24)15-9-13-23(14-10-15)29(26,27)18-5-3-17(21)4-6-18/h3-6,15-16H,2,7-14H2,1H3. The summed E-state index contributed by atoms with van der Waals surface area (Å²) in [6, 6.07) is 6.60. The molecule has 0 unspecified atom stereocenters. The Kier molecular flexibility index (Phi) is 7.34. The largest absolute Gasteiger partial charge is 0.466 e. The maximum absolute atomic E-state index is 12.9. The first-order valence-corrected chi connectivity index (χ1v) is 12.3. The number of ether oxygens (including phenoxy) is 1. The van der Waals surface area contributed by atoms with Crippen LogP contribution in [0, 0.1) is 11.8 Å². The van der Waals surface area contributed by atoms with Crippen LogP contribution in [-0.4, -0.2) is 62.3 Å². The van der Waals surface area contributed by atoms with Gasteiger partial charge in [-0.05, 0) is 56.9 Å². The van der Waals surface area contributed by atoms with E-state index in [-0.39, 0.29) is 28.6 Å². The van der Waals surface area contributed by atoms with Gasteiger partial charge >= 0.3 is 5.97 Å². The van der Waals surface area contributed by atoms with E-state index in [0.29, 0.717) is 58.5 Å². The van der Waals surface area contributed by atoms with Crippen molar-refractivity contribution in [1.82, 2.24) is 9.21 Å². The van der Waals surface area contributed by atoms with Crippen LogP contribution in [0.2, 0.25) is 0 Å². The minimum Gasteiger partial charge on any atom is -0.466 e. The monoisotopic (exact) mass is 486 g/mol. The highest BCUT2D eigenvalue weighted by atomic mass is 79.9. The Hall–Kier alpha value is -1.45. The molecule has 1 aromatic carbocycles. The van der Waals surface area contributed by atoms with Crippen LogP contribution in [0.5, 0.6) is 0 Å². The summed E-state index contributed by atoms with van der Waals surface area (Å²) < 4.78 is 33.0. The Bertz CT molecular complexity index is 827. The van der Waals surface area contributed by atoms with Gasteiger partial charge in [-0.3, -0.25) is 9.59 Å². The number of nitrogens with zero attached hydrogens (tertiary/aromatic N) is 2. The Morgan fingerprint density at radius 2 is 1.55 bits per heavy atom. The fourth-order valence-corrected chi connectivity index (χ4v) is 5.69. The quantitative estimate of drug-likeness (QED) is 0.597. The van der Waals surface area contributed by atoms with Gasteiger partial charge in [0.05, 0.1) is 17.4 Å². The van der Waals surface area contributed by atoms with E-state index in [0.717, 1.165) is 4.47 Å². The van der Waals surface area contributed by atoms with E-state index in [1.165, 1.54) is 4.31 Å². The zero-order valence-electron chi connectivity index (χ0n) is 16.5. The number of carbonyl (C=O) groups excluding carboxylic acids is 2. The molecule has 29 heavy (non-hydrogen) atoms. The van der Waals surface area contributed by atoms with Crippen molar-refractivity contribution in [3.8, 4) is 0 Å². The molecule has 7 nitrogen and oxygen atoms in total. The number of amides is 1. The highest BCUT2D eigenvalue weighted by Gasteiger charge is 2.35. The third kappa shape index (κ3) is 5.19. The minimum absolute atomic E-state index is 0.0769. The zero-order valence-corrected chi connectivity index (χ0v) is 19.0. The number of halogens is 1. The number of sulfonamides is 1. The van der Waals surface area contributed by atoms with Crippen LogP contribution in [0.25, 0.3) is 0 Å². The molecule has 2 fully saturated rings. The van der Waals surface area contributed by atoms with E-state index in [2.05, 4.69) is 15.9 Å². The molecule has 0 atom stereocenters. The molecule has 160 valence electrons. The lowest BCUT2D eigenvalue weighted by atomic mass is 9.92. The molecule has 0 N–H and O–H groups in total. The number of hydrogen-bond acceptors (Lipinski definition) is 5.